The molecular formula is C43H28N4O2. The van der Waals surface area contributed by atoms with Crippen molar-refractivity contribution in [1.29, 1.82) is 0 Å². The van der Waals surface area contributed by atoms with Crippen molar-refractivity contribution in [1.82, 2.24) is 19.9 Å². The number of nitrogens with zero attached hydrogens (tertiary/aromatic N) is 4. The van der Waals surface area contributed by atoms with Crippen LogP contribution in [-0.2, 0) is 5.41 Å². The molecule has 0 bridgehead atoms. The second-order valence-electron chi connectivity index (χ2n) is 13.1. The van der Waals surface area contributed by atoms with Gasteiger partial charge in [-0.3, -0.25) is 0 Å². The quantitative estimate of drug-likeness (QED) is 0.192. The fourth-order valence-electron chi connectivity index (χ4n) is 7.27. The van der Waals surface area contributed by atoms with Crippen LogP contribution in [-0.4, -0.2) is 19.9 Å². The van der Waals surface area contributed by atoms with Crippen molar-refractivity contribution in [2.75, 3.05) is 0 Å². The van der Waals surface area contributed by atoms with Gasteiger partial charge in [-0.15, -0.1) is 0 Å². The number of aromatic nitrogens is 4. The zero-order valence-electron chi connectivity index (χ0n) is 26.8. The summed E-state index contributed by atoms with van der Waals surface area (Å²) in [6.07, 6.45) is 0. The topological polar surface area (TPSA) is 77.8 Å². The normalized spacial score (nSPS) is 13.3. The van der Waals surface area contributed by atoms with Crippen molar-refractivity contribution in [3.63, 3.8) is 0 Å². The van der Waals surface area contributed by atoms with Crippen molar-refractivity contribution >= 4 is 33.1 Å². The van der Waals surface area contributed by atoms with E-state index in [2.05, 4.69) is 62.4 Å². The van der Waals surface area contributed by atoms with Crippen molar-refractivity contribution in [3.05, 3.63) is 145 Å². The van der Waals surface area contributed by atoms with Gasteiger partial charge in [-0.05, 0) is 76.9 Å². The van der Waals surface area contributed by atoms with E-state index in [0.29, 0.717) is 17.6 Å². The highest BCUT2D eigenvalue weighted by Gasteiger charge is 2.35. The molecule has 0 amide bonds. The summed E-state index contributed by atoms with van der Waals surface area (Å²) in [6, 6.07) is 45.3. The highest BCUT2D eigenvalue weighted by molar-refractivity contribution is 5.95. The maximum atomic E-state index is 6.24. The minimum absolute atomic E-state index is 0.129. The lowest BCUT2D eigenvalue weighted by atomic mass is 9.82. The fraction of sp³-hybridized carbons (Fsp3) is 0.0698. The van der Waals surface area contributed by atoms with Crippen LogP contribution in [0.4, 0.5) is 0 Å². The van der Waals surface area contributed by atoms with E-state index < -0.39 is 0 Å². The van der Waals surface area contributed by atoms with Gasteiger partial charge in [0.15, 0.2) is 17.0 Å². The van der Waals surface area contributed by atoms with Gasteiger partial charge in [-0.2, -0.15) is 0 Å². The number of rotatable bonds is 4. The molecule has 1 aliphatic rings. The molecule has 10 rings (SSSR count). The minimum atomic E-state index is -0.129. The summed E-state index contributed by atoms with van der Waals surface area (Å²) in [7, 11) is 0. The van der Waals surface area contributed by atoms with Gasteiger partial charge in [-0.25, -0.2) is 19.9 Å². The summed E-state index contributed by atoms with van der Waals surface area (Å²) >= 11 is 0. The van der Waals surface area contributed by atoms with Gasteiger partial charge in [-0.1, -0.05) is 92.7 Å². The average Bonchev–Trinajstić information content (AvgIpc) is 3.84. The van der Waals surface area contributed by atoms with Gasteiger partial charge in [0.05, 0.1) is 11.2 Å². The molecule has 1 aliphatic carbocycles. The van der Waals surface area contributed by atoms with Crippen LogP contribution in [0.3, 0.4) is 0 Å². The molecule has 0 aliphatic heterocycles. The van der Waals surface area contributed by atoms with Gasteiger partial charge in [0, 0.05) is 33.1 Å². The standard InChI is InChI=1S/C43H28N4O2/c1-43(2)32-13-5-3-11-29(32)30-20-19-25(24-33(30)43)39-31-12-4-6-14-34(31)44-40(47-39)26-21-27(41-45-35-15-7-9-17-37(35)48-41)23-28(22-26)42-46-36-16-8-10-18-38(36)49-42/h3-24H,1-2H3. The van der Waals surface area contributed by atoms with Gasteiger partial charge in [0.25, 0.3) is 0 Å². The van der Waals surface area contributed by atoms with E-state index >= 15 is 0 Å². The average molecular weight is 633 g/mol. The molecule has 6 aromatic carbocycles. The first-order valence-corrected chi connectivity index (χ1v) is 16.4. The molecule has 49 heavy (non-hydrogen) atoms. The molecule has 0 N–H and O–H groups in total. The summed E-state index contributed by atoms with van der Waals surface area (Å²) in [4.78, 5) is 20.0. The maximum Gasteiger partial charge on any atom is 0.227 e. The van der Waals surface area contributed by atoms with E-state index in [9.17, 15) is 0 Å². The maximum absolute atomic E-state index is 6.24. The van der Waals surface area contributed by atoms with Crippen LogP contribution >= 0.6 is 0 Å². The predicted molar refractivity (Wildman–Crippen MR) is 194 cm³/mol. The SMILES string of the molecule is CC1(C)c2ccccc2-c2ccc(-c3nc(-c4cc(-c5nc6ccccc6o5)cc(-c5nc6ccccc6o5)c4)nc4ccccc34)cc21. The highest BCUT2D eigenvalue weighted by atomic mass is 16.4. The zero-order chi connectivity index (χ0) is 32.7. The van der Waals surface area contributed by atoms with Crippen molar-refractivity contribution < 1.29 is 8.83 Å². The van der Waals surface area contributed by atoms with Crippen LogP contribution in [0.1, 0.15) is 25.0 Å². The van der Waals surface area contributed by atoms with Crippen LogP contribution in [0.15, 0.2) is 142 Å². The third-order valence-corrected chi connectivity index (χ3v) is 9.73. The predicted octanol–water partition coefficient (Wildman–Crippen LogP) is 10.9. The van der Waals surface area contributed by atoms with Gasteiger partial charge in [0.1, 0.15) is 11.0 Å². The summed E-state index contributed by atoms with van der Waals surface area (Å²) in [5.74, 6) is 1.59. The number of benzene rings is 6. The molecule has 9 aromatic rings. The molecule has 0 saturated carbocycles. The Morgan fingerprint density at radius 2 is 1.02 bits per heavy atom. The van der Waals surface area contributed by atoms with E-state index in [1.807, 2.05) is 84.9 Å². The Bertz CT molecular complexity index is 2610. The molecule has 0 unspecified atom stereocenters. The van der Waals surface area contributed by atoms with Gasteiger partial charge < -0.3 is 8.83 Å². The Balaban J connectivity index is 1.18. The van der Waals surface area contributed by atoms with E-state index in [1.54, 1.807) is 0 Å². The molecule has 232 valence electrons. The Hall–Kier alpha value is -6.40. The second kappa shape index (κ2) is 10.3. The lowest BCUT2D eigenvalue weighted by molar-refractivity contribution is 0.617. The van der Waals surface area contributed by atoms with Crippen LogP contribution < -0.4 is 0 Å². The zero-order valence-corrected chi connectivity index (χ0v) is 26.8. The Labute approximate surface area is 281 Å². The monoisotopic (exact) mass is 632 g/mol. The summed E-state index contributed by atoms with van der Waals surface area (Å²) in [5, 5.41) is 0.994. The summed E-state index contributed by atoms with van der Waals surface area (Å²) < 4.78 is 12.5. The molecular weight excluding hydrogens is 604 g/mol. The van der Waals surface area contributed by atoms with E-state index in [4.69, 9.17) is 28.8 Å². The molecule has 0 atom stereocenters. The fourth-order valence-corrected chi connectivity index (χ4v) is 7.27. The first-order valence-electron chi connectivity index (χ1n) is 16.4. The third-order valence-electron chi connectivity index (χ3n) is 9.73. The molecule has 6 nitrogen and oxygen atoms in total. The van der Waals surface area contributed by atoms with Gasteiger partial charge in [0.2, 0.25) is 11.8 Å². The van der Waals surface area contributed by atoms with Crippen LogP contribution in [0.5, 0.6) is 0 Å². The number of hydrogen-bond acceptors (Lipinski definition) is 6. The number of oxazole rings is 2. The van der Waals surface area contributed by atoms with Crippen molar-refractivity contribution in [2.24, 2.45) is 0 Å². The highest BCUT2D eigenvalue weighted by Crippen LogP contribution is 2.49. The van der Waals surface area contributed by atoms with Gasteiger partial charge >= 0.3 is 0 Å². The molecule has 0 saturated heterocycles. The van der Waals surface area contributed by atoms with Crippen molar-refractivity contribution in [2.45, 2.75) is 19.3 Å². The molecule has 0 fully saturated rings. The summed E-state index contributed by atoms with van der Waals surface area (Å²) in [6.45, 7) is 4.60. The molecule has 0 radical (unpaired) electrons. The number of hydrogen-bond donors (Lipinski definition) is 0. The van der Waals surface area contributed by atoms with Crippen LogP contribution in [0, 0.1) is 0 Å². The van der Waals surface area contributed by atoms with E-state index in [-0.39, 0.29) is 5.41 Å². The Morgan fingerprint density at radius 3 is 1.71 bits per heavy atom. The molecule has 3 aromatic heterocycles. The lowest BCUT2D eigenvalue weighted by Gasteiger charge is -2.22. The van der Waals surface area contributed by atoms with Crippen LogP contribution in [0.2, 0.25) is 0 Å². The first-order chi connectivity index (χ1) is 24.0. The van der Waals surface area contributed by atoms with E-state index in [0.717, 1.165) is 61.1 Å². The number of para-hydroxylation sites is 5. The van der Waals surface area contributed by atoms with Crippen molar-refractivity contribution in [3.8, 4) is 56.7 Å². The number of fused-ring (bicyclic) bond motifs is 6. The smallest absolute Gasteiger partial charge is 0.227 e. The molecule has 3 heterocycles. The lowest BCUT2D eigenvalue weighted by Crippen LogP contribution is -2.15. The Kier molecular flexibility index (Phi) is 5.82. The second-order valence-corrected chi connectivity index (χ2v) is 13.1. The minimum Gasteiger partial charge on any atom is -0.436 e. The summed E-state index contributed by atoms with van der Waals surface area (Å²) in [5.41, 5.74) is 13.3. The largest absolute Gasteiger partial charge is 0.436 e. The van der Waals surface area contributed by atoms with Crippen LogP contribution in [0.25, 0.3) is 89.8 Å². The molecule has 6 heteroatoms. The first kappa shape index (κ1) is 27.7. The Morgan fingerprint density at radius 1 is 0.449 bits per heavy atom. The third kappa shape index (κ3) is 4.34. The molecule has 0 spiro atoms. The van der Waals surface area contributed by atoms with E-state index in [1.165, 1.54) is 22.3 Å².